The van der Waals surface area contributed by atoms with Gasteiger partial charge in [0.1, 0.15) is 11.9 Å². The van der Waals surface area contributed by atoms with Gasteiger partial charge in [-0.25, -0.2) is 4.39 Å². The summed E-state index contributed by atoms with van der Waals surface area (Å²) in [5.41, 5.74) is 3.21. The summed E-state index contributed by atoms with van der Waals surface area (Å²) >= 11 is 0. The number of hydrogen-bond acceptors (Lipinski definition) is 4. The van der Waals surface area contributed by atoms with E-state index in [0.29, 0.717) is 17.3 Å². The van der Waals surface area contributed by atoms with Crippen molar-refractivity contribution in [2.24, 2.45) is 0 Å². The summed E-state index contributed by atoms with van der Waals surface area (Å²) in [6.45, 7) is 2.00. The molecule has 0 aliphatic heterocycles. The van der Waals surface area contributed by atoms with Crippen molar-refractivity contribution in [3.63, 3.8) is 0 Å². The molecular weight excluding hydrogens is 341 g/mol. The predicted molar refractivity (Wildman–Crippen MR) is 103 cm³/mol. The van der Waals surface area contributed by atoms with Gasteiger partial charge in [0.25, 0.3) is 0 Å². The van der Waals surface area contributed by atoms with Crippen LogP contribution in [0.4, 0.5) is 10.1 Å². The summed E-state index contributed by atoms with van der Waals surface area (Å²) < 4.78 is 20.4. The molecule has 0 amide bonds. The van der Waals surface area contributed by atoms with Crippen LogP contribution in [0.3, 0.4) is 0 Å². The summed E-state index contributed by atoms with van der Waals surface area (Å²) in [5, 5.41) is 11.6. The monoisotopic (exact) mass is 359 g/mol. The fourth-order valence-corrected chi connectivity index (χ4v) is 2.93. The number of nitrogens with one attached hydrogen (secondary N) is 1. The van der Waals surface area contributed by atoms with Crippen LogP contribution >= 0.6 is 0 Å². The highest BCUT2D eigenvalue weighted by Gasteiger charge is 2.24. The zero-order valence-corrected chi connectivity index (χ0v) is 14.8. The van der Waals surface area contributed by atoms with E-state index in [0.717, 1.165) is 16.8 Å². The molecular formula is C22H18FN3O. The summed E-state index contributed by atoms with van der Waals surface area (Å²) in [6, 6.07) is 23.4. The van der Waals surface area contributed by atoms with E-state index in [9.17, 15) is 4.39 Å². The standard InChI is InChI=1S/C22H18FN3O/c1-15-8-7-11-17(14-15)24-20(18-12-5-6-13-19(18)23)22-26-25-21(27-22)16-9-3-2-4-10-16/h2-14,20,24H,1H3. The average molecular weight is 359 g/mol. The van der Waals surface area contributed by atoms with Crippen molar-refractivity contribution in [1.29, 1.82) is 0 Å². The first kappa shape index (κ1) is 17.0. The number of hydrogen-bond donors (Lipinski definition) is 1. The van der Waals surface area contributed by atoms with Crippen LogP contribution in [-0.4, -0.2) is 10.2 Å². The van der Waals surface area contributed by atoms with E-state index < -0.39 is 6.04 Å². The molecule has 0 fully saturated rings. The predicted octanol–water partition coefficient (Wildman–Crippen LogP) is 5.39. The zero-order chi connectivity index (χ0) is 18.6. The molecule has 1 N–H and O–H groups in total. The van der Waals surface area contributed by atoms with Gasteiger partial charge in [-0.2, -0.15) is 0 Å². The number of anilines is 1. The molecule has 1 atom stereocenters. The highest BCUT2D eigenvalue weighted by Crippen LogP contribution is 2.30. The molecule has 1 unspecified atom stereocenters. The fraction of sp³-hybridized carbons (Fsp3) is 0.0909. The lowest BCUT2D eigenvalue weighted by atomic mass is 10.1. The average Bonchev–Trinajstić information content (AvgIpc) is 3.18. The van der Waals surface area contributed by atoms with Crippen molar-refractivity contribution in [3.05, 3.63) is 102 Å². The van der Waals surface area contributed by atoms with Crippen LogP contribution in [0.15, 0.2) is 83.3 Å². The third-order valence-corrected chi connectivity index (χ3v) is 4.25. The first-order valence-electron chi connectivity index (χ1n) is 8.67. The minimum absolute atomic E-state index is 0.306. The fourth-order valence-electron chi connectivity index (χ4n) is 2.93. The van der Waals surface area contributed by atoms with Crippen LogP contribution in [0, 0.1) is 12.7 Å². The summed E-state index contributed by atoms with van der Waals surface area (Å²) in [7, 11) is 0. The van der Waals surface area contributed by atoms with Crippen LogP contribution in [0.1, 0.15) is 23.1 Å². The van der Waals surface area contributed by atoms with Crippen molar-refractivity contribution in [3.8, 4) is 11.5 Å². The van der Waals surface area contributed by atoms with Gasteiger partial charge >= 0.3 is 0 Å². The molecule has 4 nitrogen and oxygen atoms in total. The number of rotatable bonds is 5. The highest BCUT2D eigenvalue weighted by molar-refractivity contribution is 5.53. The molecule has 4 aromatic rings. The Labute approximate surface area is 156 Å². The third-order valence-electron chi connectivity index (χ3n) is 4.25. The first-order valence-corrected chi connectivity index (χ1v) is 8.67. The molecule has 0 bridgehead atoms. The van der Waals surface area contributed by atoms with Gasteiger partial charge in [0.15, 0.2) is 0 Å². The number of benzene rings is 3. The summed E-state index contributed by atoms with van der Waals surface area (Å²) in [6.07, 6.45) is 0. The molecule has 1 aromatic heterocycles. The van der Waals surface area contributed by atoms with E-state index in [4.69, 9.17) is 4.42 Å². The van der Waals surface area contributed by atoms with Gasteiger partial charge in [0, 0.05) is 16.8 Å². The molecule has 0 saturated heterocycles. The maximum atomic E-state index is 14.5. The Kier molecular flexibility index (Phi) is 4.66. The van der Waals surface area contributed by atoms with Crippen LogP contribution in [0.5, 0.6) is 0 Å². The first-order chi connectivity index (χ1) is 13.2. The normalized spacial score (nSPS) is 11.9. The number of halogens is 1. The Morgan fingerprint density at radius 2 is 1.67 bits per heavy atom. The SMILES string of the molecule is Cc1cccc(NC(c2nnc(-c3ccccc3)o2)c2ccccc2F)c1. The van der Waals surface area contributed by atoms with Gasteiger partial charge in [0.2, 0.25) is 11.8 Å². The number of aromatic nitrogens is 2. The Hall–Kier alpha value is -3.47. The maximum absolute atomic E-state index is 14.5. The van der Waals surface area contributed by atoms with Crippen molar-refractivity contribution >= 4 is 5.69 Å². The van der Waals surface area contributed by atoms with Gasteiger partial charge in [-0.05, 0) is 42.8 Å². The van der Waals surface area contributed by atoms with Gasteiger partial charge < -0.3 is 9.73 Å². The smallest absolute Gasteiger partial charge is 0.247 e. The van der Waals surface area contributed by atoms with E-state index in [1.54, 1.807) is 18.2 Å². The molecule has 134 valence electrons. The van der Waals surface area contributed by atoms with Crippen LogP contribution in [0.25, 0.3) is 11.5 Å². The number of aryl methyl sites for hydroxylation is 1. The van der Waals surface area contributed by atoms with Crippen molar-refractivity contribution < 1.29 is 8.81 Å². The van der Waals surface area contributed by atoms with E-state index in [2.05, 4.69) is 15.5 Å². The second-order valence-corrected chi connectivity index (χ2v) is 6.28. The Morgan fingerprint density at radius 3 is 2.44 bits per heavy atom. The quantitative estimate of drug-likeness (QED) is 0.519. The molecule has 27 heavy (non-hydrogen) atoms. The molecule has 0 spiro atoms. The molecule has 4 rings (SSSR count). The van der Waals surface area contributed by atoms with Crippen molar-refractivity contribution in [2.45, 2.75) is 13.0 Å². The Morgan fingerprint density at radius 1 is 0.889 bits per heavy atom. The molecule has 3 aromatic carbocycles. The molecule has 0 aliphatic carbocycles. The topological polar surface area (TPSA) is 51.0 Å². The van der Waals surface area contributed by atoms with Gasteiger partial charge in [0.05, 0.1) is 0 Å². The number of nitrogens with zero attached hydrogens (tertiary/aromatic N) is 2. The second kappa shape index (κ2) is 7.41. The van der Waals surface area contributed by atoms with Gasteiger partial charge in [-0.15, -0.1) is 10.2 Å². The minimum atomic E-state index is -0.599. The van der Waals surface area contributed by atoms with Crippen molar-refractivity contribution in [1.82, 2.24) is 10.2 Å². The van der Waals surface area contributed by atoms with E-state index in [1.807, 2.05) is 61.5 Å². The van der Waals surface area contributed by atoms with Gasteiger partial charge in [-0.3, -0.25) is 0 Å². The van der Waals surface area contributed by atoms with E-state index in [1.165, 1.54) is 6.07 Å². The summed E-state index contributed by atoms with van der Waals surface area (Å²) in [5.74, 6) is 0.376. The van der Waals surface area contributed by atoms with Crippen LogP contribution in [-0.2, 0) is 0 Å². The van der Waals surface area contributed by atoms with E-state index >= 15 is 0 Å². The third kappa shape index (κ3) is 3.72. The maximum Gasteiger partial charge on any atom is 0.247 e. The lowest BCUT2D eigenvalue weighted by molar-refractivity contribution is 0.485. The molecule has 0 saturated carbocycles. The largest absolute Gasteiger partial charge is 0.418 e. The zero-order valence-electron chi connectivity index (χ0n) is 14.8. The highest BCUT2D eigenvalue weighted by atomic mass is 19.1. The second-order valence-electron chi connectivity index (χ2n) is 6.28. The molecule has 0 radical (unpaired) electrons. The van der Waals surface area contributed by atoms with Crippen molar-refractivity contribution in [2.75, 3.05) is 5.32 Å². The molecule has 1 heterocycles. The summed E-state index contributed by atoms with van der Waals surface area (Å²) in [4.78, 5) is 0. The Balaban J connectivity index is 1.74. The lowest BCUT2D eigenvalue weighted by Gasteiger charge is -2.18. The molecule has 5 heteroatoms. The van der Waals surface area contributed by atoms with Crippen LogP contribution < -0.4 is 5.32 Å². The minimum Gasteiger partial charge on any atom is -0.418 e. The molecule has 0 aliphatic rings. The van der Waals surface area contributed by atoms with E-state index in [-0.39, 0.29) is 5.82 Å². The Bertz CT molecular complexity index is 1050. The van der Waals surface area contributed by atoms with Crippen LogP contribution in [0.2, 0.25) is 0 Å². The van der Waals surface area contributed by atoms with Gasteiger partial charge in [-0.1, -0.05) is 48.5 Å². The lowest BCUT2D eigenvalue weighted by Crippen LogP contribution is -2.14.